The summed E-state index contributed by atoms with van der Waals surface area (Å²) in [6, 6.07) is 31.9. The van der Waals surface area contributed by atoms with Crippen LogP contribution < -0.4 is 0 Å². The molecule has 0 aliphatic rings. The maximum Gasteiger partial charge on any atom is 0.251 e. The van der Waals surface area contributed by atoms with Gasteiger partial charge in [0.25, 0.3) is 5.95 Å². The number of aliphatic imine (C=N–C) groups is 1. The Bertz CT molecular complexity index is 1540. The molecule has 1 heterocycles. The third kappa shape index (κ3) is 5.53. The number of hydrogen-bond acceptors (Lipinski definition) is 4. The van der Waals surface area contributed by atoms with Crippen molar-refractivity contribution in [1.29, 1.82) is 0 Å². The SMILES string of the molecule is Oc1c(Br)cc(Br)cc1/C=N/c1nc(-c2ccc(-c3ccccc3)cc2)cn1N=Cc1ccccc1. The lowest BCUT2D eigenvalue weighted by atomic mass is 10.0. The van der Waals surface area contributed by atoms with Crippen molar-refractivity contribution in [1.82, 2.24) is 9.66 Å². The molecule has 0 atom stereocenters. The Labute approximate surface area is 225 Å². The van der Waals surface area contributed by atoms with E-state index in [1.165, 1.54) is 0 Å². The van der Waals surface area contributed by atoms with E-state index >= 15 is 0 Å². The van der Waals surface area contributed by atoms with Crippen molar-refractivity contribution in [2.24, 2.45) is 10.1 Å². The largest absolute Gasteiger partial charge is 0.506 e. The maximum absolute atomic E-state index is 10.4. The van der Waals surface area contributed by atoms with E-state index in [4.69, 9.17) is 4.98 Å². The molecule has 0 radical (unpaired) electrons. The number of rotatable bonds is 6. The number of benzene rings is 4. The van der Waals surface area contributed by atoms with Gasteiger partial charge in [-0.3, -0.25) is 0 Å². The first-order valence-electron chi connectivity index (χ1n) is 11.1. The van der Waals surface area contributed by atoms with Gasteiger partial charge in [0.1, 0.15) is 5.75 Å². The highest BCUT2D eigenvalue weighted by atomic mass is 79.9. The Morgan fingerprint density at radius 3 is 2.11 bits per heavy atom. The van der Waals surface area contributed by atoms with Crippen molar-refractivity contribution in [2.45, 2.75) is 0 Å². The van der Waals surface area contributed by atoms with Crippen LogP contribution in [0.5, 0.6) is 5.75 Å². The van der Waals surface area contributed by atoms with E-state index in [0.29, 0.717) is 16.0 Å². The van der Waals surface area contributed by atoms with Gasteiger partial charge in [-0.15, -0.1) is 0 Å². The van der Waals surface area contributed by atoms with Gasteiger partial charge in [0.2, 0.25) is 0 Å². The monoisotopic (exact) mass is 598 g/mol. The van der Waals surface area contributed by atoms with Crippen molar-refractivity contribution in [2.75, 3.05) is 0 Å². The van der Waals surface area contributed by atoms with Gasteiger partial charge in [-0.05, 0) is 44.8 Å². The minimum atomic E-state index is 0.101. The van der Waals surface area contributed by atoms with Crippen LogP contribution in [0.3, 0.4) is 0 Å². The normalized spacial score (nSPS) is 11.5. The van der Waals surface area contributed by atoms with Gasteiger partial charge < -0.3 is 5.11 Å². The number of aromatic nitrogens is 2. The Morgan fingerprint density at radius 1 is 0.750 bits per heavy atom. The Kier molecular flexibility index (Phi) is 7.21. The van der Waals surface area contributed by atoms with Crippen molar-refractivity contribution in [3.05, 3.63) is 123 Å². The van der Waals surface area contributed by atoms with Crippen LogP contribution in [0.15, 0.2) is 122 Å². The van der Waals surface area contributed by atoms with Gasteiger partial charge in [0, 0.05) is 21.8 Å². The van der Waals surface area contributed by atoms with Gasteiger partial charge in [0.05, 0.1) is 22.6 Å². The topological polar surface area (TPSA) is 62.8 Å². The minimum absolute atomic E-state index is 0.101. The van der Waals surface area contributed by atoms with Crippen LogP contribution in [0.4, 0.5) is 5.95 Å². The Balaban J connectivity index is 1.51. The minimum Gasteiger partial charge on any atom is -0.506 e. The van der Waals surface area contributed by atoms with Gasteiger partial charge in [-0.25, -0.2) is 14.7 Å². The Hall–Kier alpha value is -3.81. The third-order valence-corrected chi connectivity index (χ3v) is 6.53. The molecule has 5 rings (SSSR count). The molecule has 1 N–H and O–H groups in total. The average Bonchev–Trinajstić information content (AvgIpc) is 3.33. The number of phenols is 1. The summed E-state index contributed by atoms with van der Waals surface area (Å²) in [4.78, 5) is 9.29. The van der Waals surface area contributed by atoms with Crippen LogP contribution in [0.1, 0.15) is 11.1 Å². The summed E-state index contributed by atoms with van der Waals surface area (Å²) in [6.45, 7) is 0. The molecule has 36 heavy (non-hydrogen) atoms. The second-order valence-corrected chi connectivity index (χ2v) is 9.72. The fourth-order valence-electron chi connectivity index (χ4n) is 3.62. The molecule has 0 saturated carbocycles. The summed E-state index contributed by atoms with van der Waals surface area (Å²) in [5.41, 5.74) is 5.50. The number of phenolic OH excluding ortho intramolecular Hbond substituents is 1. The van der Waals surface area contributed by atoms with Gasteiger partial charge in [-0.1, -0.05) is 101 Å². The van der Waals surface area contributed by atoms with E-state index < -0.39 is 0 Å². The number of hydrogen-bond donors (Lipinski definition) is 1. The summed E-state index contributed by atoms with van der Waals surface area (Å²) in [5, 5.41) is 15.0. The highest BCUT2D eigenvalue weighted by molar-refractivity contribution is 9.11. The molecule has 0 bridgehead atoms. The summed E-state index contributed by atoms with van der Waals surface area (Å²) in [7, 11) is 0. The van der Waals surface area contributed by atoms with Gasteiger partial charge in [0.15, 0.2) is 0 Å². The summed E-state index contributed by atoms with van der Waals surface area (Å²) < 4.78 is 3.02. The fraction of sp³-hybridized carbons (Fsp3) is 0. The van der Waals surface area contributed by atoms with Crippen LogP contribution in [-0.2, 0) is 0 Å². The molecular weight excluding hydrogens is 580 g/mol. The number of imidazole rings is 1. The van der Waals surface area contributed by atoms with Crippen LogP contribution in [0.25, 0.3) is 22.4 Å². The maximum atomic E-state index is 10.4. The first-order valence-corrected chi connectivity index (χ1v) is 12.7. The lowest BCUT2D eigenvalue weighted by Gasteiger charge is -2.02. The predicted octanol–water partition coefficient (Wildman–Crippen LogP) is 8.08. The summed E-state index contributed by atoms with van der Waals surface area (Å²) >= 11 is 6.81. The summed E-state index contributed by atoms with van der Waals surface area (Å²) in [5.74, 6) is 0.490. The van der Waals surface area contributed by atoms with E-state index in [2.05, 4.69) is 66.2 Å². The zero-order chi connectivity index (χ0) is 24.9. The third-order valence-electron chi connectivity index (χ3n) is 5.47. The molecule has 0 aliphatic heterocycles. The average molecular weight is 600 g/mol. The highest BCUT2D eigenvalue weighted by Gasteiger charge is 2.11. The molecule has 0 spiro atoms. The number of nitrogens with zero attached hydrogens (tertiary/aromatic N) is 4. The second kappa shape index (κ2) is 10.8. The molecule has 0 unspecified atom stereocenters. The molecule has 5 nitrogen and oxygen atoms in total. The van der Waals surface area contributed by atoms with Gasteiger partial charge in [-0.2, -0.15) is 5.10 Å². The molecule has 1 aromatic heterocycles. The highest BCUT2D eigenvalue weighted by Crippen LogP contribution is 2.31. The quantitative estimate of drug-likeness (QED) is 0.201. The second-order valence-electron chi connectivity index (χ2n) is 7.95. The first kappa shape index (κ1) is 23.9. The molecule has 0 saturated heterocycles. The molecule has 7 heteroatoms. The lowest BCUT2D eigenvalue weighted by molar-refractivity contribution is 0.471. The zero-order valence-corrected chi connectivity index (χ0v) is 22.1. The Morgan fingerprint density at radius 2 is 1.39 bits per heavy atom. The fourth-order valence-corrected chi connectivity index (χ4v) is 4.88. The van der Waals surface area contributed by atoms with E-state index in [9.17, 15) is 5.11 Å². The molecule has 0 fully saturated rings. The molecular formula is C29H20Br2N4O. The molecule has 5 aromatic rings. The van der Waals surface area contributed by atoms with Crippen LogP contribution in [-0.4, -0.2) is 27.2 Å². The van der Waals surface area contributed by atoms with Gasteiger partial charge >= 0.3 is 0 Å². The number of aromatic hydroxyl groups is 1. The molecule has 0 amide bonds. The smallest absolute Gasteiger partial charge is 0.251 e. The van der Waals surface area contributed by atoms with Crippen LogP contribution in [0, 0.1) is 0 Å². The van der Waals surface area contributed by atoms with E-state index in [0.717, 1.165) is 32.4 Å². The van der Waals surface area contributed by atoms with Crippen molar-refractivity contribution in [3.8, 4) is 28.1 Å². The van der Waals surface area contributed by atoms with E-state index in [-0.39, 0.29) is 5.75 Å². The van der Waals surface area contributed by atoms with Crippen molar-refractivity contribution < 1.29 is 5.11 Å². The summed E-state index contributed by atoms with van der Waals surface area (Å²) in [6.07, 6.45) is 5.18. The van der Waals surface area contributed by atoms with E-state index in [1.54, 1.807) is 29.2 Å². The first-order chi connectivity index (χ1) is 17.6. The van der Waals surface area contributed by atoms with E-state index in [1.807, 2.05) is 66.9 Å². The van der Waals surface area contributed by atoms with Crippen LogP contribution in [0.2, 0.25) is 0 Å². The lowest BCUT2D eigenvalue weighted by Crippen LogP contribution is -1.90. The predicted molar refractivity (Wildman–Crippen MR) is 153 cm³/mol. The van der Waals surface area contributed by atoms with Crippen molar-refractivity contribution in [3.63, 3.8) is 0 Å². The molecule has 0 aliphatic carbocycles. The molecule has 4 aromatic carbocycles. The van der Waals surface area contributed by atoms with Crippen LogP contribution >= 0.6 is 31.9 Å². The zero-order valence-electron chi connectivity index (χ0n) is 19.0. The van der Waals surface area contributed by atoms with Crippen molar-refractivity contribution >= 4 is 50.2 Å². The standard InChI is InChI=1S/C29H20Br2N4O/c30-25-15-24(28(36)26(31)16-25)18-32-29-34-27(19-35(29)33-17-20-7-3-1-4-8-20)23-13-11-22(12-14-23)21-9-5-2-6-10-21/h1-19,36H/b32-18+,33-17?. The molecule has 176 valence electrons. The number of halogens is 2.